The van der Waals surface area contributed by atoms with Crippen LogP contribution in [0.2, 0.25) is 0 Å². The second-order valence-corrected chi connectivity index (χ2v) is 7.39. The maximum absolute atomic E-state index is 13.1. The van der Waals surface area contributed by atoms with Gasteiger partial charge in [-0.05, 0) is 31.4 Å². The summed E-state index contributed by atoms with van der Waals surface area (Å²) in [5.74, 6) is -0.102. The molecule has 0 bridgehead atoms. The van der Waals surface area contributed by atoms with Gasteiger partial charge in [-0.25, -0.2) is 0 Å². The normalized spacial score (nSPS) is 12.9. The maximum Gasteiger partial charge on any atom is 0.243 e. The average Bonchev–Trinajstić information content (AvgIpc) is 2.70. The van der Waals surface area contributed by atoms with E-state index in [0.29, 0.717) is 19.4 Å². The molecule has 2 aromatic carbocycles. The standard InChI is InChI=1S/C24H32N2O2/c1-5-19(4)25-24(28)22(16-20-12-8-7-9-13-20)26(23(27)6-2)17-21-14-10-11-18(3)15-21/h7-15,19,22H,5-6,16-17H2,1-4H3,(H,25,28). The van der Waals surface area contributed by atoms with E-state index in [9.17, 15) is 9.59 Å². The Bertz CT molecular complexity index is 773. The zero-order chi connectivity index (χ0) is 20.5. The number of aryl methyl sites for hydroxylation is 1. The van der Waals surface area contributed by atoms with Crippen molar-refractivity contribution in [1.82, 2.24) is 10.2 Å². The van der Waals surface area contributed by atoms with Crippen LogP contribution in [0.15, 0.2) is 54.6 Å². The van der Waals surface area contributed by atoms with Gasteiger partial charge < -0.3 is 10.2 Å². The first-order valence-electron chi connectivity index (χ1n) is 10.1. The molecule has 0 radical (unpaired) electrons. The van der Waals surface area contributed by atoms with Crippen molar-refractivity contribution in [3.8, 4) is 0 Å². The van der Waals surface area contributed by atoms with Crippen LogP contribution >= 0.6 is 0 Å². The summed E-state index contributed by atoms with van der Waals surface area (Å²) in [5.41, 5.74) is 3.23. The Labute approximate surface area is 169 Å². The quantitative estimate of drug-likeness (QED) is 0.707. The highest BCUT2D eigenvalue weighted by atomic mass is 16.2. The Morgan fingerprint density at radius 2 is 1.68 bits per heavy atom. The first-order chi connectivity index (χ1) is 13.4. The lowest BCUT2D eigenvalue weighted by atomic mass is 10.0. The van der Waals surface area contributed by atoms with Gasteiger partial charge in [-0.3, -0.25) is 9.59 Å². The van der Waals surface area contributed by atoms with Crippen LogP contribution in [0, 0.1) is 6.92 Å². The van der Waals surface area contributed by atoms with E-state index in [2.05, 4.69) is 11.4 Å². The van der Waals surface area contributed by atoms with Crippen LogP contribution in [0.3, 0.4) is 0 Å². The zero-order valence-corrected chi connectivity index (χ0v) is 17.4. The summed E-state index contributed by atoms with van der Waals surface area (Å²) in [4.78, 5) is 27.7. The van der Waals surface area contributed by atoms with Gasteiger partial charge in [-0.15, -0.1) is 0 Å². The largest absolute Gasteiger partial charge is 0.352 e. The van der Waals surface area contributed by atoms with Crippen LogP contribution in [-0.4, -0.2) is 28.8 Å². The Kier molecular flexibility index (Phi) is 8.24. The molecule has 0 spiro atoms. The van der Waals surface area contributed by atoms with Crippen LogP contribution < -0.4 is 5.32 Å². The van der Waals surface area contributed by atoms with Crippen molar-refractivity contribution >= 4 is 11.8 Å². The monoisotopic (exact) mass is 380 g/mol. The van der Waals surface area contributed by atoms with E-state index in [-0.39, 0.29) is 17.9 Å². The van der Waals surface area contributed by atoms with Gasteiger partial charge >= 0.3 is 0 Å². The average molecular weight is 381 g/mol. The number of nitrogens with one attached hydrogen (secondary N) is 1. The number of benzene rings is 2. The smallest absolute Gasteiger partial charge is 0.243 e. The highest BCUT2D eigenvalue weighted by Crippen LogP contribution is 2.16. The zero-order valence-electron chi connectivity index (χ0n) is 17.4. The number of carbonyl (C=O) groups is 2. The van der Waals surface area contributed by atoms with Gasteiger partial charge in [0.2, 0.25) is 11.8 Å². The van der Waals surface area contributed by atoms with Crippen molar-refractivity contribution in [2.45, 2.75) is 65.6 Å². The second-order valence-electron chi connectivity index (χ2n) is 7.39. The molecule has 0 aliphatic heterocycles. The Hall–Kier alpha value is -2.62. The molecule has 4 nitrogen and oxygen atoms in total. The van der Waals surface area contributed by atoms with E-state index in [4.69, 9.17) is 0 Å². The lowest BCUT2D eigenvalue weighted by Crippen LogP contribution is -2.52. The van der Waals surface area contributed by atoms with Gasteiger partial charge in [-0.2, -0.15) is 0 Å². The minimum atomic E-state index is -0.538. The van der Waals surface area contributed by atoms with Gasteiger partial charge in [0, 0.05) is 25.4 Å². The number of amides is 2. The molecular weight excluding hydrogens is 348 g/mol. The number of carbonyl (C=O) groups excluding carboxylic acids is 2. The van der Waals surface area contributed by atoms with Crippen LogP contribution in [0.5, 0.6) is 0 Å². The Morgan fingerprint density at radius 3 is 2.29 bits per heavy atom. The molecule has 2 rings (SSSR count). The summed E-state index contributed by atoms with van der Waals surface area (Å²) in [7, 11) is 0. The first kappa shape index (κ1) is 21.7. The molecule has 0 aliphatic carbocycles. The molecule has 0 heterocycles. The summed E-state index contributed by atoms with van der Waals surface area (Å²) in [5, 5.41) is 3.07. The molecule has 1 N–H and O–H groups in total. The molecule has 150 valence electrons. The Morgan fingerprint density at radius 1 is 1.00 bits per heavy atom. The van der Waals surface area contributed by atoms with Crippen LogP contribution in [0.1, 0.15) is 50.3 Å². The van der Waals surface area contributed by atoms with E-state index >= 15 is 0 Å². The molecule has 0 fully saturated rings. The predicted molar refractivity (Wildman–Crippen MR) is 114 cm³/mol. The van der Waals surface area contributed by atoms with Gasteiger partial charge in [-0.1, -0.05) is 74.0 Å². The fourth-order valence-electron chi connectivity index (χ4n) is 3.21. The van der Waals surface area contributed by atoms with Crippen molar-refractivity contribution in [1.29, 1.82) is 0 Å². The van der Waals surface area contributed by atoms with Crippen molar-refractivity contribution in [3.63, 3.8) is 0 Å². The van der Waals surface area contributed by atoms with Crippen molar-refractivity contribution in [3.05, 3.63) is 71.3 Å². The summed E-state index contributed by atoms with van der Waals surface area (Å²) in [6.45, 7) is 8.34. The Balaban J connectivity index is 2.35. The summed E-state index contributed by atoms with van der Waals surface area (Å²) in [6.07, 6.45) is 1.72. The van der Waals surface area contributed by atoms with Gasteiger partial charge in [0.1, 0.15) is 6.04 Å². The first-order valence-corrected chi connectivity index (χ1v) is 10.1. The van der Waals surface area contributed by atoms with Crippen molar-refractivity contribution < 1.29 is 9.59 Å². The summed E-state index contributed by atoms with van der Waals surface area (Å²) in [6, 6.07) is 17.5. The third kappa shape index (κ3) is 6.22. The molecule has 2 unspecified atom stereocenters. The van der Waals surface area contributed by atoms with Gasteiger partial charge in [0.15, 0.2) is 0 Å². The summed E-state index contributed by atoms with van der Waals surface area (Å²) < 4.78 is 0. The fourth-order valence-corrected chi connectivity index (χ4v) is 3.21. The van der Waals surface area contributed by atoms with E-state index < -0.39 is 6.04 Å². The van der Waals surface area contributed by atoms with Crippen LogP contribution in [-0.2, 0) is 22.6 Å². The molecule has 28 heavy (non-hydrogen) atoms. The molecular formula is C24H32N2O2. The van der Waals surface area contributed by atoms with E-state index in [1.54, 1.807) is 4.90 Å². The molecule has 0 saturated heterocycles. The van der Waals surface area contributed by atoms with E-state index in [1.165, 1.54) is 0 Å². The van der Waals surface area contributed by atoms with E-state index in [0.717, 1.165) is 23.1 Å². The molecule has 0 aromatic heterocycles. The summed E-state index contributed by atoms with van der Waals surface area (Å²) >= 11 is 0. The van der Waals surface area contributed by atoms with Crippen LogP contribution in [0.4, 0.5) is 0 Å². The lowest BCUT2D eigenvalue weighted by Gasteiger charge is -2.32. The SMILES string of the molecule is CCC(=O)N(Cc1cccc(C)c1)C(Cc1ccccc1)C(=O)NC(C)CC. The molecule has 2 atom stereocenters. The van der Waals surface area contributed by atoms with Crippen molar-refractivity contribution in [2.75, 3.05) is 0 Å². The molecule has 2 aromatic rings. The third-order valence-electron chi connectivity index (χ3n) is 5.01. The van der Waals surface area contributed by atoms with Gasteiger partial charge in [0.05, 0.1) is 0 Å². The highest BCUT2D eigenvalue weighted by Gasteiger charge is 2.30. The predicted octanol–water partition coefficient (Wildman–Crippen LogP) is 4.26. The topological polar surface area (TPSA) is 49.4 Å². The van der Waals surface area contributed by atoms with Crippen LogP contribution in [0.25, 0.3) is 0 Å². The minimum Gasteiger partial charge on any atom is -0.352 e. The number of hydrogen-bond donors (Lipinski definition) is 1. The van der Waals surface area contributed by atoms with Gasteiger partial charge in [0.25, 0.3) is 0 Å². The van der Waals surface area contributed by atoms with E-state index in [1.807, 2.05) is 76.2 Å². The fraction of sp³-hybridized carbons (Fsp3) is 0.417. The molecule has 0 saturated carbocycles. The van der Waals surface area contributed by atoms with Crippen molar-refractivity contribution in [2.24, 2.45) is 0 Å². The lowest BCUT2D eigenvalue weighted by molar-refractivity contribution is -0.141. The third-order valence-corrected chi connectivity index (χ3v) is 5.01. The minimum absolute atomic E-state index is 0.0123. The highest BCUT2D eigenvalue weighted by molar-refractivity contribution is 5.88. The number of hydrogen-bond acceptors (Lipinski definition) is 2. The second kappa shape index (κ2) is 10.6. The molecule has 4 heteroatoms. The molecule has 2 amide bonds. The maximum atomic E-state index is 13.1. The number of nitrogens with zero attached hydrogens (tertiary/aromatic N) is 1. The number of rotatable bonds is 9. The molecule has 0 aliphatic rings.